The zero-order valence-corrected chi connectivity index (χ0v) is 16.5. The van der Waals surface area contributed by atoms with Gasteiger partial charge in [0, 0.05) is 19.0 Å². The van der Waals surface area contributed by atoms with E-state index in [0.29, 0.717) is 11.8 Å². The predicted molar refractivity (Wildman–Crippen MR) is 110 cm³/mol. The summed E-state index contributed by atoms with van der Waals surface area (Å²) in [5.74, 6) is 3.20. The molecule has 0 atom stereocenters. The second-order valence-corrected chi connectivity index (χ2v) is 8.41. The highest BCUT2D eigenvalue weighted by Gasteiger charge is 2.29. The van der Waals surface area contributed by atoms with Gasteiger partial charge < -0.3 is 5.32 Å². The Hall–Kier alpha value is -2.47. The zero-order valence-electron chi connectivity index (χ0n) is 16.5. The molecule has 6 nitrogen and oxygen atoms in total. The minimum absolute atomic E-state index is 0.551. The first kappa shape index (κ1) is 17.6. The van der Waals surface area contributed by atoms with Crippen LogP contribution in [0.4, 0.5) is 5.82 Å². The van der Waals surface area contributed by atoms with Crippen LogP contribution in [0.25, 0.3) is 5.65 Å². The highest BCUT2D eigenvalue weighted by Crippen LogP contribution is 2.38. The summed E-state index contributed by atoms with van der Waals surface area (Å²) in [6, 6.07) is 13.0. The van der Waals surface area contributed by atoms with Crippen molar-refractivity contribution in [1.82, 2.24) is 24.7 Å². The van der Waals surface area contributed by atoms with Crippen molar-refractivity contribution in [3.8, 4) is 0 Å². The lowest BCUT2D eigenvalue weighted by Crippen LogP contribution is -2.35. The maximum absolute atomic E-state index is 4.73. The topological polar surface area (TPSA) is 58.3 Å². The Kier molecular flexibility index (Phi) is 4.72. The fourth-order valence-corrected chi connectivity index (χ4v) is 4.05. The number of nitrogens with one attached hydrogen (secondary N) is 1. The first-order valence-electron chi connectivity index (χ1n) is 10.5. The SMILES string of the molecule is Cc1ccc(CN2CCC(CNc3ccc4nnc(C5CC5)n4n3)CC2)cc1. The quantitative estimate of drug-likeness (QED) is 0.712. The number of piperidine rings is 1. The molecule has 5 rings (SSSR count). The van der Waals surface area contributed by atoms with E-state index >= 15 is 0 Å². The van der Waals surface area contributed by atoms with E-state index in [1.807, 2.05) is 16.6 Å². The largest absolute Gasteiger partial charge is 0.368 e. The molecule has 1 N–H and O–H groups in total. The Morgan fingerprint density at radius 2 is 1.75 bits per heavy atom. The van der Waals surface area contributed by atoms with E-state index < -0.39 is 0 Å². The lowest BCUT2D eigenvalue weighted by atomic mass is 9.96. The van der Waals surface area contributed by atoms with Gasteiger partial charge in [0.05, 0.1) is 0 Å². The summed E-state index contributed by atoms with van der Waals surface area (Å²) in [4.78, 5) is 2.57. The smallest absolute Gasteiger partial charge is 0.178 e. The second-order valence-electron chi connectivity index (χ2n) is 8.41. The van der Waals surface area contributed by atoms with Crippen molar-refractivity contribution in [2.45, 2.75) is 45.1 Å². The third-order valence-corrected chi connectivity index (χ3v) is 6.04. The molecule has 28 heavy (non-hydrogen) atoms. The van der Waals surface area contributed by atoms with Gasteiger partial charge in [-0.2, -0.15) is 4.52 Å². The highest BCUT2D eigenvalue weighted by molar-refractivity contribution is 5.44. The number of hydrogen-bond donors (Lipinski definition) is 1. The number of aryl methyl sites for hydroxylation is 1. The summed E-state index contributed by atoms with van der Waals surface area (Å²) in [6.07, 6.45) is 4.89. The normalized spacial score (nSPS) is 18.6. The van der Waals surface area contributed by atoms with E-state index in [4.69, 9.17) is 5.10 Å². The Morgan fingerprint density at radius 1 is 0.964 bits per heavy atom. The maximum atomic E-state index is 4.73. The average Bonchev–Trinajstić information content (AvgIpc) is 3.48. The molecule has 1 aromatic carbocycles. The molecule has 2 aromatic heterocycles. The molecule has 1 saturated carbocycles. The molecular weight excluding hydrogens is 348 g/mol. The van der Waals surface area contributed by atoms with Crippen LogP contribution in [0, 0.1) is 12.8 Å². The molecule has 146 valence electrons. The Bertz CT molecular complexity index is 935. The van der Waals surface area contributed by atoms with Crippen molar-refractivity contribution in [3.63, 3.8) is 0 Å². The monoisotopic (exact) mass is 376 g/mol. The van der Waals surface area contributed by atoms with Crippen LogP contribution in [0.3, 0.4) is 0 Å². The van der Waals surface area contributed by atoms with Crippen molar-refractivity contribution in [1.29, 1.82) is 0 Å². The number of nitrogens with zero attached hydrogens (tertiary/aromatic N) is 5. The number of benzene rings is 1. The molecular formula is C22H28N6. The maximum Gasteiger partial charge on any atom is 0.178 e. The summed E-state index contributed by atoms with van der Waals surface area (Å²) >= 11 is 0. The molecule has 2 aliphatic rings. The first-order valence-corrected chi connectivity index (χ1v) is 10.5. The molecule has 0 spiro atoms. The van der Waals surface area contributed by atoms with Gasteiger partial charge in [-0.3, -0.25) is 4.90 Å². The second kappa shape index (κ2) is 7.51. The van der Waals surface area contributed by atoms with Crippen LogP contribution >= 0.6 is 0 Å². The van der Waals surface area contributed by atoms with Gasteiger partial charge in [-0.1, -0.05) is 29.8 Å². The number of aromatic nitrogens is 4. The van der Waals surface area contributed by atoms with E-state index in [9.17, 15) is 0 Å². The van der Waals surface area contributed by atoms with Gasteiger partial charge in [0.1, 0.15) is 5.82 Å². The number of anilines is 1. The number of fused-ring (bicyclic) bond motifs is 1. The number of rotatable bonds is 6. The standard InChI is InChI=1S/C22H28N6/c1-16-2-4-18(5-3-16)15-27-12-10-17(11-13-27)14-23-20-8-9-21-24-25-22(19-6-7-19)28(21)26-20/h2-5,8-9,17,19H,6-7,10-15H2,1H3,(H,23,26). The van der Waals surface area contributed by atoms with Crippen molar-refractivity contribution in [2.75, 3.05) is 25.0 Å². The van der Waals surface area contributed by atoms with E-state index in [2.05, 4.69) is 51.6 Å². The Labute approximate surface area is 166 Å². The molecule has 1 aliphatic carbocycles. The average molecular weight is 377 g/mol. The molecule has 3 heterocycles. The van der Waals surface area contributed by atoms with Gasteiger partial charge in [0.2, 0.25) is 0 Å². The summed E-state index contributed by atoms with van der Waals surface area (Å²) in [5, 5.41) is 16.8. The molecule has 0 amide bonds. The summed E-state index contributed by atoms with van der Waals surface area (Å²) < 4.78 is 1.92. The van der Waals surface area contributed by atoms with Crippen LogP contribution in [0.15, 0.2) is 36.4 Å². The van der Waals surface area contributed by atoms with E-state index in [0.717, 1.165) is 30.4 Å². The van der Waals surface area contributed by atoms with Crippen LogP contribution in [-0.2, 0) is 6.54 Å². The third kappa shape index (κ3) is 3.87. The Balaban J connectivity index is 1.13. The molecule has 2 fully saturated rings. The summed E-state index contributed by atoms with van der Waals surface area (Å²) in [5.41, 5.74) is 3.59. The molecule has 1 aliphatic heterocycles. The third-order valence-electron chi connectivity index (χ3n) is 6.04. The molecule has 0 unspecified atom stereocenters. The van der Waals surface area contributed by atoms with E-state index in [1.54, 1.807) is 0 Å². The van der Waals surface area contributed by atoms with Crippen molar-refractivity contribution in [3.05, 3.63) is 53.3 Å². The van der Waals surface area contributed by atoms with E-state index in [-0.39, 0.29) is 0 Å². The van der Waals surface area contributed by atoms with Crippen LogP contribution in [0.1, 0.15) is 48.6 Å². The lowest BCUT2D eigenvalue weighted by molar-refractivity contribution is 0.182. The minimum atomic E-state index is 0.551. The van der Waals surface area contributed by atoms with Gasteiger partial charge in [0.15, 0.2) is 11.5 Å². The predicted octanol–water partition coefficient (Wildman–Crippen LogP) is 3.63. The highest BCUT2D eigenvalue weighted by atomic mass is 15.4. The van der Waals surface area contributed by atoms with Crippen LogP contribution < -0.4 is 5.32 Å². The van der Waals surface area contributed by atoms with E-state index in [1.165, 1.54) is 49.9 Å². The van der Waals surface area contributed by atoms with Crippen LogP contribution in [-0.4, -0.2) is 44.3 Å². The van der Waals surface area contributed by atoms with Gasteiger partial charge >= 0.3 is 0 Å². The van der Waals surface area contributed by atoms with Crippen LogP contribution in [0.2, 0.25) is 0 Å². The molecule has 6 heteroatoms. The van der Waals surface area contributed by atoms with Crippen molar-refractivity contribution < 1.29 is 0 Å². The minimum Gasteiger partial charge on any atom is -0.368 e. The van der Waals surface area contributed by atoms with Gasteiger partial charge in [-0.15, -0.1) is 15.3 Å². The fraction of sp³-hybridized carbons (Fsp3) is 0.500. The van der Waals surface area contributed by atoms with Gasteiger partial charge in [-0.05, 0) is 69.3 Å². The summed E-state index contributed by atoms with van der Waals surface area (Å²) in [7, 11) is 0. The Morgan fingerprint density at radius 3 is 2.50 bits per heavy atom. The van der Waals surface area contributed by atoms with Crippen molar-refractivity contribution >= 4 is 11.5 Å². The first-order chi connectivity index (χ1) is 13.7. The molecule has 0 radical (unpaired) electrons. The number of hydrogen-bond acceptors (Lipinski definition) is 5. The lowest BCUT2D eigenvalue weighted by Gasteiger charge is -2.32. The van der Waals surface area contributed by atoms with Gasteiger partial charge in [0.25, 0.3) is 0 Å². The van der Waals surface area contributed by atoms with Crippen LogP contribution in [0.5, 0.6) is 0 Å². The van der Waals surface area contributed by atoms with Crippen molar-refractivity contribution in [2.24, 2.45) is 5.92 Å². The fourth-order valence-electron chi connectivity index (χ4n) is 4.05. The van der Waals surface area contributed by atoms with Gasteiger partial charge in [-0.25, -0.2) is 0 Å². The molecule has 3 aromatic rings. The zero-order chi connectivity index (χ0) is 18.9. The molecule has 1 saturated heterocycles. The number of likely N-dealkylation sites (tertiary alicyclic amines) is 1. The summed E-state index contributed by atoms with van der Waals surface area (Å²) in [6.45, 7) is 6.53. The molecule has 0 bridgehead atoms.